The zero-order valence-corrected chi connectivity index (χ0v) is 16.0. The fourth-order valence-electron chi connectivity index (χ4n) is 4.69. The van der Waals surface area contributed by atoms with E-state index in [2.05, 4.69) is 11.0 Å². The van der Waals surface area contributed by atoms with E-state index >= 15 is 0 Å². The van der Waals surface area contributed by atoms with Gasteiger partial charge in [-0.1, -0.05) is 0 Å². The lowest BCUT2D eigenvalue weighted by Crippen LogP contribution is -2.45. The Hall–Kier alpha value is -2.01. The lowest BCUT2D eigenvalue weighted by atomic mass is 9.79. The first-order valence-corrected chi connectivity index (χ1v) is 9.58. The highest BCUT2D eigenvalue weighted by atomic mass is 16.3. The molecule has 5 nitrogen and oxygen atoms in total. The number of piperidine rings is 1. The Kier molecular flexibility index (Phi) is 4.43. The van der Waals surface area contributed by atoms with E-state index in [4.69, 9.17) is 8.83 Å². The first-order chi connectivity index (χ1) is 12.4. The monoisotopic (exact) mass is 356 g/mol. The predicted molar refractivity (Wildman–Crippen MR) is 99.1 cm³/mol. The van der Waals surface area contributed by atoms with Gasteiger partial charge < -0.3 is 13.7 Å². The number of furan rings is 2. The second-order valence-corrected chi connectivity index (χ2v) is 8.13. The minimum absolute atomic E-state index is 0.120. The van der Waals surface area contributed by atoms with Crippen LogP contribution in [0.4, 0.5) is 0 Å². The second-order valence-electron chi connectivity index (χ2n) is 8.13. The van der Waals surface area contributed by atoms with E-state index in [9.17, 15) is 4.79 Å². The number of carbonyl (C=O) groups is 1. The van der Waals surface area contributed by atoms with E-state index < -0.39 is 0 Å². The van der Waals surface area contributed by atoms with Crippen molar-refractivity contribution < 1.29 is 13.6 Å². The lowest BCUT2D eigenvalue weighted by Gasteiger charge is -2.40. The maximum atomic E-state index is 12.9. The van der Waals surface area contributed by atoms with Crippen molar-refractivity contribution in [2.75, 3.05) is 26.2 Å². The quantitative estimate of drug-likeness (QED) is 0.836. The maximum absolute atomic E-state index is 12.9. The summed E-state index contributed by atoms with van der Waals surface area (Å²) in [6, 6.07) is 5.97. The van der Waals surface area contributed by atoms with Crippen molar-refractivity contribution in [3.8, 4) is 0 Å². The van der Waals surface area contributed by atoms with Gasteiger partial charge in [-0.3, -0.25) is 9.69 Å². The summed E-state index contributed by atoms with van der Waals surface area (Å²) in [5.74, 6) is 3.66. The van der Waals surface area contributed by atoms with E-state index in [0.717, 1.165) is 67.7 Å². The molecule has 2 aliphatic rings. The molecule has 1 atom stereocenters. The zero-order chi connectivity index (χ0) is 18.3. The Bertz CT molecular complexity index is 806. The second kappa shape index (κ2) is 6.62. The molecule has 140 valence electrons. The molecule has 26 heavy (non-hydrogen) atoms. The maximum Gasteiger partial charge on any atom is 0.257 e. The average molecular weight is 356 g/mol. The van der Waals surface area contributed by atoms with Gasteiger partial charge in [-0.25, -0.2) is 0 Å². The van der Waals surface area contributed by atoms with Crippen LogP contribution in [-0.4, -0.2) is 41.9 Å². The predicted octanol–water partition coefficient (Wildman–Crippen LogP) is 3.93. The van der Waals surface area contributed by atoms with Gasteiger partial charge in [0, 0.05) is 25.0 Å². The Morgan fingerprint density at radius 1 is 1.08 bits per heavy atom. The number of amides is 1. The molecule has 2 fully saturated rings. The minimum Gasteiger partial charge on any atom is -0.466 e. The molecular formula is C21H28N2O3. The molecule has 2 aromatic rings. The van der Waals surface area contributed by atoms with E-state index in [1.807, 2.05) is 37.8 Å². The molecule has 0 N–H and O–H groups in total. The van der Waals surface area contributed by atoms with Gasteiger partial charge in [-0.2, -0.15) is 0 Å². The van der Waals surface area contributed by atoms with Crippen molar-refractivity contribution in [2.45, 2.75) is 46.6 Å². The highest BCUT2D eigenvalue weighted by Gasteiger charge is 2.43. The van der Waals surface area contributed by atoms with E-state index in [0.29, 0.717) is 0 Å². The number of aryl methyl sites for hydroxylation is 3. The Morgan fingerprint density at radius 2 is 1.92 bits per heavy atom. The number of nitrogens with zero attached hydrogens (tertiary/aromatic N) is 2. The largest absolute Gasteiger partial charge is 0.466 e. The highest BCUT2D eigenvalue weighted by molar-refractivity contribution is 5.95. The third kappa shape index (κ3) is 3.32. The molecule has 0 bridgehead atoms. The summed E-state index contributed by atoms with van der Waals surface area (Å²) in [7, 11) is 0. The Balaban J connectivity index is 1.43. The topological polar surface area (TPSA) is 49.8 Å². The van der Waals surface area contributed by atoms with Crippen molar-refractivity contribution in [3.63, 3.8) is 0 Å². The number of likely N-dealkylation sites (tertiary alicyclic amines) is 2. The summed E-state index contributed by atoms with van der Waals surface area (Å²) in [5, 5.41) is 0. The molecule has 4 rings (SSSR count). The van der Waals surface area contributed by atoms with Crippen molar-refractivity contribution in [3.05, 3.63) is 46.8 Å². The Labute approximate surface area is 154 Å². The molecule has 1 amide bonds. The SMILES string of the molecule is Cc1ccc(CN2CCC[C@@]3(CCN(C(=O)c4cc(C)oc4C)C3)C2)o1. The molecule has 0 radical (unpaired) electrons. The molecule has 2 aliphatic heterocycles. The smallest absolute Gasteiger partial charge is 0.257 e. The van der Waals surface area contributed by atoms with Gasteiger partial charge in [-0.15, -0.1) is 0 Å². The molecule has 5 heteroatoms. The van der Waals surface area contributed by atoms with E-state index in [-0.39, 0.29) is 11.3 Å². The van der Waals surface area contributed by atoms with Crippen LogP contribution in [0.2, 0.25) is 0 Å². The van der Waals surface area contributed by atoms with E-state index in [1.54, 1.807) is 0 Å². The lowest BCUT2D eigenvalue weighted by molar-refractivity contribution is 0.0657. The summed E-state index contributed by atoms with van der Waals surface area (Å²) in [4.78, 5) is 17.4. The van der Waals surface area contributed by atoms with Gasteiger partial charge in [-0.05, 0) is 64.8 Å². The number of carbonyl (C=O) groups excluding carboxylic acids is 1. The van der Waals surface area contributed by atoms with Crippen molar-refractivity contribution in [1.29, 1.82) is 0 Å². The van der Waals surface area contributed by atoms with Gasteiger partial charge in [0.05, 0.1) is 12.1 Å². The normalized spacial score (nSPS) is 23.9. The van der Waals surface area contributed by atoms with Gasteiger partial charge >= 0.3 is 0 Å². The molecule has 0 unspecified atom stereocenters. The minimum atomic E-state index is 0.120. The van der Waals surface area contributed by atoms with Crippen LogP contribution in [0.15, 0.2) is 27.0 Å². The molecule has 1 spiro atoms. The van der Waals surface area contributed by atoms with Gasteiger partial charge in [0.15, 0.2) is 0 Å². The number of hydrogen-bond acceptors (Lipinski definition) is 4. The molecule has 4 heterocycles. The van der Waals surface area contributed by atoms with Crippen LogP contribution in [0, 0.1) is 26.2 Å². The van der Waals surface area contributed by atoms with Gasteiger partial charge in [0.25, 0.3) is 5.91 Å². The number of hydrogen-bond donors (Lipinski definition) is 0. The molecular weight excluding hydrogens is 328 g/mol. The van der Waals surface area contributed by atoms with Gasteiger partial charge in [0.1, 0.15) is 23.0 Å². The summed E-state index contributed by atoms with van der Waals surface area (Å²) in [6.07, 6.45) is 3.47. The molecule has 2 saturated heterocycles. The number of rotatable bonds is 3. The summed E-state index contributed by atoms with van der Waals surface area (Å²) in [5.41, 5.74) is 0.945. The summed E-state index contributed by atoms with van der Waals surface area (Å²) in [6.45, 7) is 10.5. The van der Waals surface area contributed by atoms with Crippen molar-refractivity contribution in [2.24, 2.45) is 5.41 Å². The van der Waals surface area contributed by atoms with Crippen LogP contribution in [-0.2, 0) is 6.54 Å². The van der Waals surface area contributed by atoms with Crippen LogP contribution in [0.5, 0.6) is 0 Å². The zero-order valence-electron chi connectivity index (χ0n) is 16.0. The third-order valence-electron chi connectivity index (χ3n) is 5.91. The van der Waals surface area contributed by atoms with Crippen molar-refractivity contribution >= 4 is 5.91 Å². The molecule has 0 saturated carbocycles. The van der Waals surface area contributed by atoms with Crippen LogP contribution in [0.3, 0.4) is 0 Å². The average Bonchev–Trinajstić information content (AvgIpc) is 3.27. The molecule has 0 aromatic carbocycles. The van der Waals surface area contributed by atoms with Crippen LogP contribution < -0.4 is 0 Å². The summed E-state index contributed by atoms with van der Waals surface area (Å²) >= 11 is 0. The Morgan fingerprint density at radius 3 is 2.62 bits per heavy atom. The first kappa shape index (κ1) is 17.4. The van der Waals surface area contributed by atoms with Gasteiger partial charge in [0.2, 0.25) is 0 Å². The third-order valence-corrected chi connectivity index (χ3v) is 5.91. The van der Waals surface area contributed by atoms with Crippen LogP contribution in [0.25, 0.3) is 0 Å². The van der Waals surface area contributed by atoms with Crippen LogP contribution >= 0.6 is 0 Å². The fraction of sp³-hybridized carbons (Fsp3) is 0.571. The highest BCUT2D eigenvalue weighted by Crippen LogP contribution is 2.40. The first-order valence-electron chi connectivity index (χ1n) is 9.58. The standard InChI is InChI=1S/C21H28N2O3/c1-15-5-6-18(26-15)12-22-9-4-7-21(13-22)8-10-23(14-21)20(24)19-11-16(2)25-17(19)3/h5-6,11H,4,7-10,12-14H2,1-3H3/t21-/m1/s1. The molecule has 2 aromatic heterocycles. The van der Waals surface area contributed by atoms with Crippen LogP contribution in [0.1, 0.15) is 52.7 Å². The summed E-state index contributed by atoms with van der Waals surface area (Å²) < 4.78 is 11.3. The van der Waals surface area contributed by atoms with Crippen molar-refractivity contribution in [1.82, 2.24) is 9.80 Å². The molecule has 0 aliphatic carbocycles. The fourth-order valence-corrected chi connectivity index (χ4v) is 4.69. The van der Waals surface area contributed by atoms with E-state index in [1.165, 1.54) is 12.8 Å².